The minimum absolute atomic E-state index is 0.212. The highest BCUT2D eigenvalue weighted by molar-refractivity contribution is 4.96. The SMILES string of the molecule is CCNC(Cc1ncnn1C)C(C)(C)OCC. The molecule has 0 radical (unpaired) electrons. The molecular formula is C12H24N4O. The summed E-state index contributed by atoms with van der Waals surface area (Å²) in [5.41, 5.74) is -0.212. The average molecular weight is 240 g/mol. The Hall–Kier alpha value is -0.940. The van der Waals surface area contributed by atoms with Gasteiger partial charge in [0.2, 0.25) is 0 Å². The summed E-state index contributed by atoms with van der Waals surface area (Å²) in [6.07, 6.45) is 2.41. The summed E-state index contributed by atoms with van der Waals surface area (Å²) in [6, 6.07) is 0.232. The van der Waals surface area contributed by atoms with Gasteiger partial charge in [0, 0.05) is 26.1 Å². The predicted molar refractivity (Wildman–Crippen MR) is 67.9 cm³/mol. The Morgan fingerprint density at radius 3 is 2.65 bits per heavy atom. The van der Waals surface area contributed by atoms with E-state index < -0.39 is 0 Å². The van der Waals surface area contributed by atoms with Crippen molar-refractivity contribution in [3.05, 3.63) is 12.2 Å². The van der Waals surface area contributed by atoms with Crippen LogP contribution in [0.25, 0.3) is 0 Å². The molecule has 1 heterocycles. The van der Waals surface area contributed by atoms with Crippen molar-refractivity contribution in [2.45, 2.75) is 45.8 Å². The van der Waals surface area contributed by atoms with Gasteiger partial charge >= 0.3 is 0 Å². The van der Waals surface area contributed by atoms with Crippen LogP contribution in [0.15, 0.2) is 6.33 Å². The van der Waals surface area contributed by atoms with Crippen LogP contribution in [-0.2, 0) is 18.2 Å². The summed E-state index contributed by atoms with van der Waals surface area (Å²) in [7, 11) is 1.92. The topological polar surface area (TPSA) is 52.0 Å². The minimum Gasteiger partial charge on any atom is -0.374 e. The van der Waals surface area contributed by atoms with Gasteiger partial charge in [-0.2, -0.15) is 5.10 Å². The van der Waals surface area contributed by atoms with Crippen LogP contribution in [0.5, 0.6) is 0 Å². The second-order valence-corrected chi connectivity index (χ2v) is 4.65. The largest absolute Gasteiger partial charge is 0.374 e. The molecule has 98 valence electrons. The van der Waals surface area contributed by atoms with Crippen LogP contribution in [0.1, 0.15) is 33.5 Å². The van der Waals surface area contributed by atoms with Gasteiger partial charge in [0.15, 0.2) is 0 Å². The van der Waals surface area contributed by atoms with E-state index in [0.29, 0.717) is 6.61 Å². The van der Waals surface area contributed by atoms with Crippen LogP contribution in [0.4, 0.5) is 0 Å². The smallest absolute Gasteiger partial charge is 0.138 e. The van der Waals surface area contributed by atoms with E-state index in [4.69, 9.17) is 4.74 Å². The zero-order valence-electron chi connectivity index (χ0n) is 11.5. The molecule has 0 amide bonds. The first-order valence-electron chi connectivity index (χ1n) is 6.21. The first-order valence-corrected chi connectivity index (χ1v) is 6.21. The molecule has 1 unspecified atom stereocenters. The predicted octanol–water partition coefficient (Wildman–Crippen LogP) is 1.15. The van der Waals surface area contributed by atoms with E-state index in [1.54, 1.807) is 6.33 Å². The summed E-state index contributed by atoms with van der Waals surface area (Å²) < 4.78 is 7.62. The number of rotatable bonds is 7. The molecule has 1 N–H and O–H groups in total. The molecule has 1 rings (SSSR count). The molecule has 0 fully saturated rings. The fourth-order valence-electron chi connectivity index (χ4n) is 1.97. The number of nitrogens with one attached hydrogen (secondary N) is 1. The summed E-state index contributed by atoms with van der Waals surface area (Å²) >= 11 is 0. The first-order chi connectivity index (χ1) is 8.01. The molecular weight excluding hydrogens is 216 g/mol. The molecule has 17 heavy (non-hydrogen) atoms. The summed E-state index contributed by atoms with van der Waals surface area (Å²) in [5, 5.41) is 7.56. The van der Waals surface area contributed by atoms with Gasteiger partial charge in [-0.1, -0.05) is 6.92 Å². The highest BCUT2D eigenvalue weighted by Crippen LogP contribution is 2.18. The molecule has 0 aliphatic heterocycles. The molecule has 0 aliphatic rings. The number of ether oxygens (including phenoxy) is 1. The number of aromatic nitrogens is 3. The fourth-order valence-corrected chi connectivity index (χ4v) is 1.97. The fraction of sp³-hybridized carbons (Fsp3) is 0.833. The van der Waals surface area contributed by atoms with Crippen LogP contribution in [0.3, 0.4) is 0 Å². The molecule has 0 saturated heterocycles. The molecule has 0 aromatic carbocycles. The zero-order chi connectivity index (χ0) is 12.9. The molecule has 0 saturated carbocycles. The number of hydrogen-bond acceptors (Lipinski definition) is 4. The Balaban J connectivity index is 2.75. The second kappa shape index (κ2) is 6.12. The minimum atomic E-state index is -0.212. The molecule has 1 aromatic heterocycles. The van der Waals surface area contributed by atoms with Gasteiger partial charge in [0.25, 0.3) is 0 Å². The number of hydrogen-bond donors (Lipinski definition) is 1. The molecule has 0 spiro atoms. The standard InChI is InChI=1S/C12H24N4O/c1-6-13-10(12(3,4)17-7-2)8-11-14-9-15-16(11)5/h9-10,13H,6-8H2,1-5H3. The molecule has 1 atom stereocenters. The Morgan fingerprint density at radius 2 is 2.18 bits per heavy atom. The van der Waals surface area contributed by atoms with E-state index in [-0.39, 0.29) is 11.6 Å². The first kappa shape index (κ1) is 14.1. The molecule has 0 aliphatic carbocycles. The lowest BCUT2D eigenvalue weighted by Gasteiger charge is -2.34. The van der Waals surface area contributed by atoms with Crippen LogP contribution < -0.4 is 5.32 Å². The Labute approximate surface area is 104 Å². The van der Waals surface area contributed by atoms with Crippen molar-refractivity contribution in [2.75, 3.05) is 13.2 Å². The van der Waals surface area contributed by atoms with Crippen molar-refractivity contribution in [1.29, 1.82) is 0 Å². The highest BCUT2D eigenvalue weighted by Gasteiger charge is 2.30. The molecule has 5 heteroatoms. The van der Waals surface area contributed by atoms with Gasteiger partial charge in [-0.3, -0.25) is 4.68 Å². The lowest BCUT2D eigenvalue weighted by Crippen LogP contribution is -2.50. The molecule has 1 aromatic rings. The van der Waals surface area contributed by atoms with Gasteiger partial charge in [0.1, 0.15) is 12.2 Å². The van der Waals surface area contributed by atoms with Crippen LogP contribution >= 0.6 is 0 Å². The summed E-state index contributed by atoms with van der Waals surface area (Å²) in [4.78, 5) is 4.27. The van der Waals surface area contributed by atoms with E-state index in [0.717, 1.165) is 18.8 Å². The number of likely N-dealkylation sites (N-methyl/N-ethyl adjacent to an activating group) is 1. The zero-order valence-corrected chi connectivity index (χ0v) is 11.5. The van der Waals surface area contributed by atoms with Gasteiger partial charge in [-0.15, -0.1) is 0 Å². The van der Waals surface area contributed by atoms with Crippen molar-refractivity contribution in [3.63, 3.8) is 0 Å². The van der Waals surface area contributed by atoms with E-state index >= 15 is 0 Å². The maximum Gasteiger partial charge on any atom is 0.138 e. The van der Waals surface area contributed by atoms with Crippen molar-refractivity contribution >= 4 is 0 Å². The van der Waals surface area contributed by atoms with E-state index in [2.05, 4.69) is 36.2 Å². The lowest BCUT2D eigenvalue weighted by atomic mass is 9.95. The number of nitrogens with zero attached hydrogens (tertiary/aromatic N) is 3. The molecule has 5 nitrogen and oxygen atoms in total. The van der Waals surface area contributed by atoms with Crippen molar-refractivity contribution < 1.29 is 4.74 Å². The quantitative estimate of drug-likeness (QED) is 0.777. The third kappa shape index (κ3) is 3.78. The van der Waals surface area contributed by atoms with Crippen LogP contribution in [0.2, 0.25) is 0 Å². The molecule has 0 bridgehead atoms. The average Bonchev–Trinajstić information content (AvgIpc) is 2.64. The van der Waals surface area contributed by atoms with Crippen molar-refractivity contribution in [2.24, 2.45) is 7.05 Å². The van der Waals surface area contributed by atoms with Gasteiger partial charge in [0.05, 0.1) is 5.60 Å². The van der Waals surface area contributed by atoms with E-state index in [1.165, 1.54) is 0 Å². The van der Waals surface area contributed by atoms with E-state index in [9.17, 15) is 0 Å². The summed E-state index contributed by atoms with van der Waals surface area (Å²) in [6.45, 7) is 9.98. The van der Waals surface area contributed by atoms with Gasteiger partial charge in [-0.05, 0) is 27.3 Å². The third-order valence-corrected chi connectivity index (χ3v) is 3.00. The third-order valence-electron chi connectivity index (χ3n) is 3.00. The second-order valence-electron chi connectivity index (χ2n) is 4.65. The Bertz CT molecular complexity index is 335. The maximum absolute atomic E-state index is 5.81. The normalized spacial score (nSPS) is 13.9. The monoisotopic (exact) mass is 240 g/mol. The Kier molecular flexibility index (Phi) is 5.08. The van der Waals surface area contributed by atoms with Crippen LogP contribution in [0, 0.1) is 0 Å². The maximum atomic E-state index is 5.81. The Morgan fingerprint density at radius 1 is 1.47 bits per heavy atom. The number of aryl methyl sites for hydroxylation is 1. The summed E-state index contributed by atoms with van der Waals surface area (Å²) in [5.74, 6) is 0.976. The van der Waals surface area contributed by atoms with Crippen LogP contribution in [-0.4, -0.2) is 39.6 Å². The van der Waals surface area contributed by atoms with E-state index in [1.807, 2.05) is 18.7 Å². The highest BCUT2D eigenvalue weighted by atomic mass is 16.5. The van der Waals surface area contributed by atoms with Crippen molar-refractivity contribution in [1.82, 2.24) is 20.1 Å². The lowest BCUT2D eigenvalue weighted by molar-refractivity contribution is -0.0382. The van der Waals surface area contributed by atoms with Crippen molar-refractivity contribution in [3.8, 4) is 0 Å². The van der Waals surface area contributed by atoms with Gasteiger partial charge < -0.3 is 10.1 Å². The van der Waals surface area contributed by atoms with Gasteiger partial charge in [-0.25, -0.2) is 4.98 Å².